The Balaban J connectivity index is 2.30. The lowest BCUT2D eigenvalue weighted by Crippen LogP contribution is -2.27. The molecule has 108 valence electrons. The molecule has 0 amide bonds. The number of nitrogens with zero attached hydrogens (tertiary/aromatic N) is 4. The van der Waals surface area contributed by atoms with Gasteiger partial charge in [0.1, 0.15) is 5.82 Å². The maximum atomic E-state index is 8.87. The molecule has 2 aromatic heterocycles. The number of rotatable bonds is 6. The zero-order chi connectivity index (χ0) is 15.1. The fourth-order valence-corrected chi connectivity index (χ4v) is 2.19. The molecule has 0 saturated heterocycles. The average Bonchev–Trinajstić information content (AvgIpc) is 2.52. The van der Waals surface area contributed by atoms with Gasteiger partial charge >= 0.3 is 0 Å². The van der Waals surface area contributed by atoms with E-state index >= 15 is 0 Å². The van der Waals surface area contributed by atoms with Crippen molar-refractivity contribution in [2.45, 2.75) is 25.9 Å². The number of anilines is 1. The number of hydrogen-bond acceptors (Lipinski definition) is 5. The summed E-state index contributed by atoms with van der Waals surface area (Å²) in [5.74, 6) is 0.839. The molecule has 2 N–H and O–H groups in total. The topological polar surface area (TPSA) is 78.8 Å². The third kappa shape index (κ3) is 4.01. The maximum absolute atomic E-state index is 8.87. The van der Waals surface area contributed by atoms with Gasteiger partial charge in [0, 0.05) is 43.3 Å². The predicted molar refractivity (Wildman–Crippen MR) is 82.4 cm³/mol. The number of hydrogen-bond donors (Lipinski definition) is 1. The molecule has 0 aliphatic carbocycles. The normalized spacial score (nSPS) is 11.7. The molecule has 0 bridgehead atoms. The molecule has 0 unspecified atom stereocenters. The van der Waals surface area contributed by atoms with Gasteiger partial charge < -0.3 is 10.6 Å². The Morgan fingerprint density at radius 2 is 2.14 bits per heavy atom. The highest BCUT2D eigenvalue weighted by molar-refractivity contribution is 5.48. The van der Waals surface area contributed by atoms with Crippen LogP contribution in [0.4, 0.5) is 5.82 Å². The molecular weight excluding hydrogens is 262 g/mol. The predicted octanol–water partition coefficient (Wildman–Crippen LogP) is 2.42. The van der Waals surface area contributed by atoms with Crippen LogP contribution in [0.25, 0.3) is 0 Å². The summed E-state index contributed by atoms with van der Waals surface area (Å²) in [4.78, 5) is 10.7. The van der Waals surface area contributed by atoms with Crippen LogP contribution < -0.4 is 10.6 Å². The van der Waals surface area contributed by atoms with Crippen LogP contribution in [0.1, 0.15) is 30.5 Å². The molecular formula is C16H19N5. The van der Waals surface area contributed by atoms with Gasteiger partial charge in [0.2, 0.25) is 0 Å². The molecule has 2 heterocycles. The highest BCUT2D eigenvalue weighted by atomic mass is 15.2. The Bertz CT molecular complexity index is 604. The number of pyridine rings is 2. The van der Waals surface area contributed by atoms with Crippen molar-refractivity contribution in [1.29, 1.82) is 5.26 Å². The van der Waals surface area contributed by atoms with E-state index < -0.39 is 0 Å². The van der Waals surface area contributed by atoms with Gasteiger partial charge in [-0.3, -0.25) is 4.98 Å². The van der Waals surface area contributed by atoms with Crippen LogP contribution in [0.3, 0.4) is 0 Å². The number of aromatic nitrogens is 2. The second kappa shape index (κ2) is 7.36. The van der Waals surface area contributed by atoms with Crippen LogP contribution in [0, 0.1) is 11.3 Å². The SMILES string of the molecule is C[C@@H](N)c1cccnc1N(CCC#N)Cc1cccnc1. The van der Waals surface area contributed by atoms with E-state index in [0.717, 1.165) is 16.9 Å². The first-order valence-electron chi connectivity index (χ1n) is 6.93. The summed E-state index contributed by atoms with van der Waals surface area (Å²) in [7, 11) is 0. The van der Waals surface area contributed by atoms with E-state index in [1.54, 1.807) is 12.4 Å². The summed E-state index contributed by atoms with van der Waals surface area (Å²) in [6.45, 7) is 3.21. The zero-order valence-corrected chi connectivity index (χ0v) is 12.1. The van der Waals surface area contributed by atoms with Gasteiger partial charge in [0.05, 0.1) is 12.5 Å². The van der Waals surface area contributed by atoms with Crippen molar-refractivity contribution >= 4 is 5.82 Å². The van der Waals surface area contributed by atoms with Crippen LogP contribution in [0.5, 0.6) is 0 Å². The molecule has 0 aromatic carbocycles. The van der Waals surface area contributed by atoms with E-state index in [9.17, 15) is 0 Å². The van der Waals surface area contributed by atoms with Crippen molar-refractivity contribution in [3.8, 4) is 6.07 Å². The minimum absolute atomic E-state index is 0.104. The number of nitrogens with two attached hydrogens (primary N) is 1. The Morgan fingerprint density at radius 3 is 2.81 bits per heavy atom. The van der Waals surface area contributed by atoms with Gasteiger partial charge in [0.15, 0.2) is 0 Å². The lowest BCUT2D eigenvalue weighted by Gasteiger charge is -2.26. The molecule has 0 aliphatic rings. The van der Waals surface area contributed by atoms with E-state index in [0.29, 0.717) is 19.5 Å². The molecule has 0 radical (unpaired) electrons. The van der Waals surface area contributed by atoms with E-state index in [2.05, 4.69) is 20.9 Å². The van der Waals surface area contributed by atoms with E-state index in [-0.39, 0.29) is 6.04 Å². The van der Waals surface area contributed by atoms with Crippen molar-refractivity contribution in [1.82, 2.24) is 9.97 Å². The summed E-state index contributed by atoms with van der Waals surface area (Å²) in [6.07, 6.45) is 5.77. The smallest absolute Gasteiger partial charge is 0.133 e. The summed E-state index contributed by atoms with van der Waals surface area (Å²) < 4.78 is 0. The first kappa shape index (κ1) is 14.9. The minimum atomic E-state index is -0.104. The molecule has 0 saturated carbocycles. The monoisotopic (exact) mass is 281 g/mol. The zero-order valence-electron chi connectivity index (χ0n) is 12.1. The highest BCUT2D eigenvalue weighted by Crippen LogP contribution is 2.24. The fourth-order valence-electron chi connectivity index (χ4n) is 2.19. The van der Waals surface area contributed by atoms with E-state index in [1.807, 2.05) is 37.4 Å². The molecule has 21 heavy (non-hydrogen) atoms. The second-order valence-corrected chi connectivity index (χ2v) is 4.90. The minimum Gasteiger partial charge on any atom is -0.351 e. The summed E-state index contributed by atoms with van der Waals surface area (Å²) in [5, 5.41) is 8.87. The Hall–Kier alpha value is -2.45. The first-order valence-corrected chi connectivity index (χ1v) is 6.93. The molecule has 0 aliphatic heterocycles. The Kier molecular flexibility index (Phi) is 5.24. The van der Waals surface area contributed by atoms with Gasteiger partial charge in [-0.25, -0.2) is 4.98 Å². The van der Waals surface area contributed by atoms with E-state index in [4.69, 9.17) is 11.0 Å². The molecule has 0 spiro atoms. The van der Waals surface area contributed by atoms with Gasteiger partial charge in [-0.1, -0.05) is 12.1 Å². The fraction of sp³-hybridized carbons (Fsp3) is 0.312. The lowest BCUT2D eigenvalue weighted by atomic mass is 10.1. The van der Waals surface area contributed by atoms with Crippen LogP contribution in [-0.2, 0) is 6.54 Å². The Labute approximate surface area is 125 Å². The quantitative estimate of drug-likeness (QED) is 0.879. The first-order chi connectivity index (χ1) is 10.2. The standard InChI is InChI=1S/C16H19N5/c1-13(18)15-6-3-9-20-16(15)21(10-4-7-17)12-14-5-2-8-19-11-14/h2-3,5-6,8-9,11,13H,4,10,12,18H2,1H3/t13-/m1/s1. The molecule has 5 nitrogen and oxygen atoms in total. The maximum Gasteiger partial charge on any atom is 0.133 e. The summed E-state index contributed by atoms with van der Waals surface area (Å²) >= 11 is 0. The second-order valence-electron chi connectivity index (χ2n) is 4.90. The van der Waals surface area contributed by atoms with Crippen molar-refractivity contribution < 1.29 is 0 Å². The average molecular weight is 281 g/mol. The largest absolute Gasteiger partial charge is 0.351 e. The summed E-state index contributed by atoms with van der Waals surface area (Å²) in [6, 6.07) is 9.87. The van der Waals surface area contributed by atoms with Crippen molar-refractivity contribution in [2.24, 2.45) is 5.73 Å². The van der Waals surface area contributed by atoms with Crippen LogP contribution >= 0.6 is 0 Å². The van der Waals surface area contributed by atoms with Gasteiger partial charge in [0.25, 0.3) is 0 Å². The van der Waals surface area contributed by atoms with Crippen molar-refractivity contribution in [3.05, 3.63) is 54.0 Å². The van der Waals surface area contributed by atoms with Gasteiger partial charge in [-0.05, 0) is 24.6 Å². The third-order valence-electron chi connectivity index (χ3n) is 3.20. The third-order valence-corrected chi connectivity index (χ3v) is 3.20. The van der Waals surface area contributed by atoms with Gasteiger partial charge in [-0.2, -0.15) is 5.26 Å². The van der Waals surface area contributed by atoms with Crippen LogP contribution in [0.2, 0.25) is 0 Å². The molecule has 2 rings (SSSR count). The van der Waals surface area contributed by atoms with Crippen molar-refractivity contribution in [3.63, 3.8) is 0 Å². The molecule has 5 heteroatoms. The van der Waals surface area contributed by atoms with E-state index in [1.165, 1.54) is 0 Å². The number of nitriles is 1. The molecule has 1 atom stereocenters. The van der Waals surface area contributed by atoms with Crippen molar-refractivity contribution in [2.75, 3.05) is 11.4 Å². The Morgan fingerprint density at radius 1 is 1.33 bits per heavy atom. The summed E-state index contributed by atoms with van der Waals surface area (Å²) in [5.41, 5.74) is 8.10. The molecule has 0 fully saturated rings. The van der Waals surface area contributed by atoms with Crippen LogP contribution in [0.15, 0.2) is 42.9 Å². The highest BCUT2D eigenvalue weighted by Gasteiger charge is 2.15. The molecule has 2 aromatic rings. The van der Waals surface area contributed by atoms with Crippen LogP contribution in [-0.4, -0.2) is 16.5 Å². The lowest BCUT2D eigenvalue weighted by molar-refractivity contribution is 0.745. The van der Waals surface area contributed by atoms with Gasteiger partial charge in [-0.15, -0.1) is 0 Å².